The zero-order valence-corrected chi connectivity index (χ0v) is 9.29. The lowest BCUT2D eigenvalue weighted by Gasteiger charge is -2.34. The zero-order valence-electron chi connectivity index (χ0n) is 9.29. The molecule has 80 valence electrons. The third-order valence-corrected chi connectivity index (χ3v) is 2.92. The van der Waals surface area contributed by atoms with Crippen LogP contribution in [-0.2, 0) is 0 Å². The second-order valence-corrected chi connectivity index (χ2v) is 4.12. The van der Waals surface area contributed by atoms with Crippen molar-refractivity contribution in [2.75, 3.05) is 26.2 Å². The van der Waals surface area contributed by atoms with Gasteiger partial charge in [-0.2, -0.15) is 5.26 Å². The molecule has 1 rings (SSSR count). The molecule has 1 fully saturated rings. The second kappa shape index (κ2) is 6.00. The Morgan fingerprint density at radius 3 is 2.93 bits per heavy atom. The molecule has 0 saturated carbocycles. The Bertz CT molecular complexity index is 191. The molecule has 1 heterocycles. The SMILES string of the molecule is CCN(CC(C)C#N)C1CCCNC1. The van der Waals surface area contributed by atoms with Crippen LogP contribution in [0.15, 0.2) is 0 Å². The quantitative estimate of drug-likeness (QED) is 0.733. The van der Waals surface area contributed by atoms with Gasteiger partial charge in [0.25, 0.3) is 0 Å². The van der Waals surface area contributed by atoms with Crippen molar-refractivity contribution < 1.29 is 0 Å². The molecule has 1 N–H and O–H groups in total. The van der Waals surface area contributed by atoms with Crippen molar-refractivity contribution >= 4 is 0 Å². The van der Waals surface area contributed by atoms with Crippen molar-refractivity contribution in [3.8, 4) is 6.07 Å². The molecule has 0 bridgehead atoms. The average Bonchev–Trinajstić information content (AvgIpc) is 2.26. The van der Waals surface area contributed by atoms with Gasteiger partial charge in [0.1, 0.15) is 0 Å². The highest BCUT2D eigenvalue weighted by molar-refractivity contribution is 4.85. The topological polar surface area (TPSA) is 39.1 Å². The molecule has 0 aromatic carbocycles. The lowest BCUT2D eigenvalue weighted by atomic mass is 10.0. The summed E-state index contributed by atoms with van der Waals surface area (Å²) >= 11 is 0. The van der Waals surface area contributed by atoms with Gasteiger partial charge in [0.2, 0.25) is 0 Å². The molecule has 0 aromatic heterocycles. The normalized spacial score (nSPS) is 24.6. The van der Waals surface area contributed by atoms with Crippen molar-refractivity contribution in [3.05, 3.63) is 0 Å². The summed E-state index contributed by atoms with van der Waals surface area (Å²) in [4.78, 5) is 2.43. The Labute approximate surface area is 87.1 Å². The maximum absolute atomic E-state index is 8.79. The van der Waals surface area contributed by atoms with Gasteiger partial charge in [-0.1, -0.05) is 6.92 Å². The fraction of sp³-hybridized carbons (Fsp3) is 0.909. The van der Waals surface area contributed by atoms with Gasteiger partial charge in [-0.3, -0.25) is 4.90 Å². The Kier molecular flexibility index (Phi) is 4.92. The molecule has 3 heteroatoms. The summed E-state index contributed by atoms with van der Waals surface area (Å²) in [5, 5.41) is 12.2. The monoisotopic (exact) mass is 195 g/mol. The molecule has 1 aliphatic heterocycles. The van der Waals surface area contributed by atoms with E-state index >= 15 is 0 Å². The molecular weight excluding hydrogens is 174 g/mol. The molecule has 0 amide bonds. The minimum absolute atomic E-state index is 0.150. The maximum Gasteiger partial charge on any atom is 0.0666 e. The molecule has 2 unspecified atom stereocenters. The molecular formula is C11H21N3. The fourth-order valence-electron chi connectivity index (χ4n) is 2.07. The van der Waals surface area contributed by atoms with Crippen LogP contribution in [-0.4, -0.2) is 37.1 Å². The molecule has 14 heavy (non-hydrogen) atoms. The largest absolute Gasteiger partial charge is 0.315 e. The van der Waals surface area contributed by atoms with E-state index in [-0.39, 0.29) is 5.92 Å². The van der Waals surface area contributed by atoms with Crippen LogP contribution in [0.2, 0.25) is 0 Å². The van der Waals surface area contributed by atoms with Crippen molar-refractivity contribution in [3.63, 3.8) is 0 Å². The van der Waals surface area contributed by atoms with Crippen LogP contribution in [0.5, 0.6) is 0 Å². The van der Waals surface area contributed by atoms with E-state index < -0.39 is 0 Å². The van der Waals surface area contributed by atoms with E-state index in [2.05, 4.69) is 23.2 Å². The molecule has 3 nitrogen and oxygen atoms in total. The summed E-state index contributed by atoms with van der Waals surface area (Å²) in [7, 11) is 0. The first-order valence-corrected chi connectivity index (χ1v) is 5.62. The van der Waals surface area contributed by atoms with Gasteiger partial charge in [-0.15, -0.1) is 0 Å². The van der Waals surface area contributed by atoms with Crippen LogP contribution in [0, 0.1) is 17.2 Å². The summed E-state index contributed by atoms with van der Waals surface area (Å²) in [5.41, 5.74) is 0. The van der Waals surface area contributed by atoms with Gasteiger partial charge in [0.15, 0.2) is 0 Å². The summed E-state index contributed by atoms with van der Waals surface area (Å²) in [6.07, 6.45) is 2.54. The van der Waals surface area contributed by atoms with E-state index in [1.165, 1.54) is 12.8 Å². The van der Waals surface area contributed by atoms with Crippen LogP contribution in [0.25, 0.3) is 0 Å². The van der Waals surface area contributed by atoms with E-state index in [0.29, 0.717) is 6.04 Å². The first-order valence-electron chi connectivity index (χ1n) is 5.62. The van der Waals surface area contributed by atoms with Crippen molar-refractivity contribution in [1.82, 2.24) is 10.2 Å². The molecule has 0 radical (unpaired) electrons. The van der Waals surface area contributed by atoms with E-state index in [0.717, 1.165) is 26.2 Å². The highest BCUT2D eigenvalue weighted by Gasteiger charge is 2.20. The number of hydrogen-bond donors (Lipinski definition) is 1. The third kappa shape index (κ3) is 3.28. The smallest absolute Gasteiger partial charge is 0.0666 e. The van der Waals surface area contributed by atoms with Crippen LogP contribution in [0.3, 0.4) is 0 Å². The van der Waals surface area contributed by atoms with Crippen molar-refractivity contribution in [1.29, 1.82) is 5.26 Å². The standard InChI is InChI=1S/C11H21N3/c1-3-14(9-10(2)7-12)11-5-4-6-13-8-11/h10-11,13H,3-6,8-9H2,1-2H3. The van der Waals surface area contributed by atoms with E-state index in [1.807, 2.05) is 6.92 Å². The Hall–Kier alpha value is -0.590. The number of nitrogens with zero attached hydrogens (tertiary/aromatic N) is 2. The summed E-state index contributed by atoms with van der Waals surface area (Å²) in [5.74, 6) is 0.150. The average molecular weight is 195 g/mol. The Morgan fingerprint density at radius 2 is 2.43 bits per heavy atom. The predicted molar refractivity (Wildman–Crippen MR) is 57.9 cm³/mol. The highest BCUT2D eigenvalue weighted by Crippen LogP contribution is 2.11. The Morgan fingerprint density at radius 1 is 1.64 bits per heavy atom. The summed E-state index contributed by atoms with van der Waals surface area (Å²) in [6.45, 7) is 8.39. The number of nitriles is 1. The van der Waals surface area contributed by atoms with Gasteiger partial charge >= 0.3 is 0 Å². The van der Waals surface area contributed by atoms with Gasteiger partial charge in [-0.25, -0.2) is 0 Å². The lowest BCUT2D eigenvalue weighted by molar-refractivity contribution is 0.163. The number of nitrogens with one attached hydrogen (secondary N) is 1. The summed E-state index contributed by atoms with van der Waals surface area (Å²) < 4.78 is 0. The van der Waals surface area contributed by atoms with Gasteiger partial charge in [0, 0.05) is 19.1 Å². The first kappa shape index (κ1) is 11.5. The van der Waals surface area contributed by atoms with Crippen molar-refractivity contribution in [2.24, 2.45) is 5.92 Å². The molecule has 0 spiro atoms. The number of hydrogen-bond acceptors (Lipinski definition) is 3. The highest BCUT2D eigenvalue weighted by atomic mass is 15.2. The second-order valence-electron chi connectivity index (χ2n) is 4.12. The number of rotatable bonds is 4. The van der Waals surface area contributed by atoms with E-state index in [1.54, 1.807) is 0 Å². The Balaban J connectivity index is 2.40. The third-order valence-electron chi connectivity index (χ3n) is 2.92. The first-order chi connectivity index (χ1) is 6.77. The lowest BCUT2D eigenvalue weighted by Crippen LogP contribution is -2.47. The molecule has 1 saturated heterocycles. The van der Waals surface area contributed by atoms with Crippen LogP contribution in [0.1, 0.15) is 26.7 Å². The summed E-state index contributed by atoms with van der Waals surface area (Å²) in [6, 6.07) is 2.95. The minimum atomic E-state index is 0.150. The van der Waals surface area contributed by atoms with E-state index in [4.69, 9.17) is 5.26 Å². The zero-order chi connectivity index (χ0) is 10.4. The maximum atomic E-state index is 8.79. The van der Waals surface area contributed by atoms with E-state index in [9.17, 15) is 0 Å². The van der Waals surface area contributed by atoms with Gasteiger partial charge < -0.3 is 5.32 Å². The molecule has 0 aromatic rings. The predicted octanol–water partition coefficient (Wildman–Crippen LogP) is 1.22. The van der Waals surface area contributed by atoms with Crippen LogP contribution < -0.4 is 5.32 Å². The minimum Gasteiger partial charge on any atom is -0.315 e. The number of likely N-dealkylation sites (N-methyl/N-ethyl adjacent to an activating group) is 1. The van der Waals surface area contributed by atoms with Gasteiger partial charge in [0.05, 0.1) is 12.0 Å². The van der Waals surface area contributed by atoms with Crippen molar-refractivity contribution in [2.45, 2.75) is 32.7 Å². The molecule has 0 aliphatic carbocycles. The number of piperidine rings is 1. The molecule has 1 aliphatic rings. The fourth-order valence-corrected chi connectivity index (χ4v) is 2.07. The van der Waals surface area contributed by atoms with Crippen LogP contribution >= 0.6 is 0 Å². The molecule has 2 atom stereocenters. The van der Waals surface area contributed by atoms with Gasteiger partial charge in [-0.05, 0) is 32.9 Å². The van der Waals surface area contributed by atoms with Crippen LogP contribution in [0.4, 0.5) is 0 Å².